The number of hydrogen-bond donors (Lipinski definition) is 1. The zero-order valence-corrected chi connectivity index (χ0v) is 21.9. The van der Waals surface area contributed by atoms with E-state index in [0.29, 0.717) is 32.5 Å². The second kappa shape index (κ2) is 9.98. The molecule has 1 N–H and O–H groups in total. The smallest absolute Gasteiger partial charge is 0.243 e. The van der Waals surface area contributed by atoms with Crippen LogP contribution in [0, 0.1) is 25.7 Å². The van der Waals surface area contributed by atoms with Gasteiger partial charge in [-0.05, 0) is 99.4 Å². The second-order valence-electron chi connectivity index (χ2n) is 10.5. The number of amides is 2. The molecule has 1 saturated heterocycles. The lowest BCUT2D eigenvalue weighted by molar-refractivity contribution is -0.124. The largest absolute Gasteiger partial charge is 0.326 e. The van der Waals surface area contributed by atoms with Gasteiger partial charge in [-0.15, -0.1) is 0 Å². The number of aryl methyl sites for hydroxylation is 3. The van der Waals surface area contributed by atoms with Gasteiger partial charge in [0.25, 0.3) is 0 Å². The maximum absolute atomic E-state index is 13.4. The molecule has 2 aromatic rings. The van der Waals surface area contributed by atoms with E-state index in [9.17, 15) is 18.0 Å². The maximum Gasteiger partial charge on any atom is 0.243 e. The van der Waals surface area contributed by atoms with E-state index in [1.165, 1.54) is 9.87 Å². The van der Waals surface area contributed by atoms with Crippen molar-refractivity contribution < 1.29 is 18.0 Å². The fourth-order valence-electron chi connectivity index (χ4n) is 5.41. The number of sulfonamides is 1. The number of benzene rings is 2. The van der Waals surface area contributed by atoms with E-state index in [1.807, 2.05) is 43.0 Å². The van der Waals surface area contributed by atoms with Gasteiger partial charge in [0.15, 0.2) is 0 Å². The molecule has 0 bridgehead atoms. The molecule has 2 amide bonds. The van der Waals surface area contributed by atoms with E-state index in [0.717, 1.165) is 54.6 Å². The molecule has 0 unspecified atom stereocenters. The van der Waals surface area contributed by atoms with Gasteiger partial charge in [-0.1, -0.05) is 12.5 Å². The van der Waals surface area contributed by atoms with E-state index in [2.05, 4.69) is 5.32 Å². The molecule has 1 saturated carbocycles. The summed E-state index contributed by atoms with van der Waals surface area (Å²) in [5.74, 6) is 0.0276. The summed E-state index contributed by atoms with van der Waals surface area (Å²) in [6, 6.07) is 11.0. The first kappa shape index (κ1) is 25.0. The van der Waals surface area contributed by atoms with Gasteiger partial charge >= 0.3 is 0 Å². The lowest BCUT2D eigenvalue weighted by atomic mass is 9.83. The van der Waals surface area contributed by atoms with Crippen LogP contribution in [0.2, 0.25) is 0 Å². The molecule has 36 heavy (non-hydrogen) atoms. The van der Waals surface area contributed by atoms with Crippen LogP contribution in [0.4, 0.5) is 11.4 Å². The predicted molar refractivity (Wildman–Crippen MR) is 140 cm³/mol. The third-order valence-electron chi connectivity index (χ3n) is 8.13. The first-order chi connectivity index (χ1) is 17.2. The number of rotatable bonds is 5. The Balaban J connectivity index is 1.24. The molecule has 2 fully saturated rings. The number of nitrogens with one attached hydrogen (secondary N) is 1. The molecule has 2 aromatic carbocycles. The zero-order chi connectivity index (χ0) is 25.4. The van der Waals surface area contributed by atoms with Crippen LogP contribution < -0.4 is 10.2 Å². The van der Waals surface area contributed by atoms with Crippen molar-refractivity contribution in [1.29, 1.82) is 0 Å². The fourth-order valence-corrected chi connectivity index (χ4v) is 6.93. The highest BCUT2D eigenvalue weighted by atomic mass is 32.2. The zero-order valence-electron chi connectivity index (χ0n) is 21.1. The second-order valence-corrected chi connectivity index (χ2v) is 12.4. The van der Waals surface area contributed by atoms with Gasteiger partial charge in [0, 0.05) is 42.8 Å². The van der Waals surface area contributed by atoms with Crippen molar-refractivity contribution in [3.63, 3.8) is 0 Å². The van der Waals surface area contributed by atoms with Crippen molar-refractivity contribution in [3.8, 4) is 0 Å². The van der Waals surface area contributed by atoms with Gasteiger partial charge in [-0.2, -0.15) is 4.31 Å². The third kappa shape index (κ3) is 4.81. The first-order valence-corrected chi connectivity index (χ1v) is 14.5. The highest BCUT2D eigenvalue weighted by Crippen LogP contribution is 2.35. The average Bonchev–Trinajstić information content (AvgIpc) is 2.84. The Morgan fingerprint density at radius 3 is 2.28 bits per heavy atom. The number of hydrogen-bond acceptors (Lipinski definition) is 4. The molecule has 0 aromatic heterocycles. The van der Waals surface area contributed by atoms with Crippen LogP contribution in [0.25, 0.3) is 0 Å². The molecule has 1 aliphatic carbocycles. The molecule has 5 rings (SSSR count). The van der Waals surface area contributed by atoms with Gasteiger partial charge in [-0.3, -0.25) is 9.59 Å². The monoisotopic (exact) mass is 509 g/mol. The number of piperidine rings is 1. The van der Waals surface area contributed by atoms with Crippen molar-refractivity contribution in [2.24, 2.45) is 11.8 Å². The number of anilines is 2. The molecule has 2 heterocycles. The van der Waals surface area contributed by atoms with Crippen LogP contribution in [-0.2, 0) is 26.0 Å². The fraction of sp³-hybridized carbons (Fsp3) is 0.500. The summed E-state index contributed by atoms with van der Waals surface area (Å²) in [4.78, 5) is 27.8. The van der Waals surface area contributed by atoms with E-state index in [1.54, 1.807) is 12.1 Å². The Hall–Kier alpha value is -2.71. The number of carbonyl (C=O) groups is 2. The minimum atomic E-state index is -3.66. The number of fused-ring (bicyclic) bond motifs is 1. The summed E-state index contributed by atoms with van der Waals surface area (Å²) < 4.78 is 28.4. The lowest BCUT2D eigenvalue weighted by Gasteiger charge is -2.35. The Kier molecular flexibility index (Phi) is 6.92. The third-order valence-corrected chi connectivity index (χ3v) is 10.0. The Bertz CT molecular complexity index is 1280. The molecule has 2 aliphatic heterocycles. The number of nitrogens with zero attached hydrogens (tertiary/aromatic N) is 2. The molecule has 7 nitrogen and oxygen atoms in total. The summed E-state index contributed by atoms with van der Waals surface area (Å²) in [6.45, 7) is 5.38. The van der Waals surface area contributed by atoms with Crippen LogP contribution in [0.1, 0.15) is 55.2 Å². The normalized spacial score (nSPS) is 19.4. The van der Waals surface area contributed by atoms with E-state index in [-0.39, 0.29) is 28.5 Å². The molecule has 3 aliphatic rings. The number of carbonyl (C=O) groups excluding carboxylic acids is 2. The van der Waals surface area contributed by atoms with E-state index in [4.69, 9.17) is 0 Å². The molecule has 0 spiro atoms. The van der Waals surface area contributed by atoms with Crippen LogP contribution in [0.5, 0.6) is 0 Å². The van der Waals surface area contributed by atoms with Gasteiger partial charge in [0.05, 0.1) is 4.90 Å². The van der Waals surface area contributed by atoms with Crippen molar-refractivity contribution in [2.45, 2.75) is 63.7 Å². The SMILES string of the molecule is Cc1ccc(NC(=O)C2CCN(S(=O)(=O)c3ccc4c(c3)CCCN4C(=O)C3CCC3)CC2)cc1C. The lowest BCUT2D eigenvalue weighted by Crippen LogP contribution is -2.42. The highest BCUT2D eigenvalue weighted by Gasteiger charge is 2.35. The quantitative estimate of drug-likeness (QED) is 0.646. The van der Waals surface area contributed by atoms with Crippen LogP contribution in [0.3, 0.4) is 0 Å². The van der Waals surface area contributed by atoms with Gasteiger partial charge in [0.2, 0.25) is 21.8 Å². The van der Waals surface area contributed by atoms with Crippen LogP contribution in [0.15, 0.2) is 41.3 Å². The van der Waals surface area contributed by atoms with Crippen molar-refractivity contribution in [3.05, 3.63) is 53.1 Å². The minimum Gasteiger partial charge on any atom is -0.326 e. The maximum atomic E-state index is 13.4. The first-order valence-electron chi connectivity index (χ1n) is 13.1. The summed E-state index contributed by atoms with van der Waals surface area (Å²) in [5.41, 5.74) is 4.86. The Morgan fingerprint density at radius 2 is 1.61 bits per heavy atom. The van der Waals surface area contributed by atoms with Crippen molar-refractivity contribution in [1.82, 2.24) is 4.31 Å². The van der Waals surface area contributed by atoms with Crippen LogP contribution in [-0.4, -0.2) is 44.2 Å². The van der Waals surface area contributed by atoms with E-state index >= 15 is 0 Å². The van der Waals surface area contributed by atoms with Crippen molar-refractivity contribution in [2.75, 3.05) is 29.9 Å². The van der Waals surface area contributed by atoms with Gasteiger partial charge in [-0.25, -0.2) is 8.42 Å². The molecular formula is C28H35N3O4S. The summed E-state index contributed by atoms with van der Waals surface area (Å²) in [6.07, 6.45) is 5.61. The summed E-state index contributed by atoms with van der Waals surface area (Å²) in [7, 11) is -3.66. The topological polar surface area (TPSA) is 86.8 Å². The summed E-state index contributed by atoms with van der Waals surface area (Å²) in [5, 5.41) is 2.99. The molecule has 0 atom stereocenters. The average molecular weight is 510 g/mol. The summed E-state index contributed by atoms with van der Waals surface area (Å²) >= 11 is 0. The Morgan fingerprint density at radius 1 is 0.861 bits per heavy atom. The predicted octanol–water partition coefficient (Wildman–Crippen LogP) is 4.42. The molecule has 8 heteroatoms. The standard InChI is InChI=1S/C28H35N3O4S/c1-19-8-9-24(17-20(19)2)29-27(32)21-12-15-30(16-13-21)36(34,35)25-10-11-26-23(18-25)7-4-14-31(26)28(33)22-5-3-6-22/h8-11,17-18,21-22H,3-7,12-16H2,1-2H3,(H,29,32). The van der Waals surface area contributed by atoms with Crippen LogP contribution >= 0.6 is 0 Å². The molecular weight excluding hydrogens is 474 g/mol. The van der Waals surface area contributed by atoms with Crippen molar-refractivity contribution >= 4 is 33.2 Å². The molecule has 192 valence electrons. The highest BCUT2D eigenvalue weighted by molar-refractivity contribution is 7.89. The minimum absolute atomic E-state index is 0.0553. The van der Waals surface area contributed by atoms with E-state index < -0.39 is 10.0 Å². The molecule has 0 radical (unpaired) electrons. The van der Waals surface area contributed by atoms with Gasteiger partial charge in [0.1, 0.15) is 0 Å². The Labute approximate surface area is 213 Å². The van der Waals surface area contributed by atoms with Gasteiger partial charge < -0.3 is 10.2 Å².